The molecule has 1 aliphatic rings. The van der Waals surface area contributed by atoms with Gasteiger partial charge in [-0.15, -0.1) is 0 Å². The Hall–Kier alpha value is -2.67. The highest BCUT2D eigenvalue weighted by molar-refractivity contribution is 6.12. The first-order valence-corrected chi connectivity index (χ1v) is 7.13. The summed E-state index contributed by atoms with van der Waals surface area (Å²) in [6.45, 7) is 0. The molecule has 0 saturated heterocycles. The minimum atomic E-state index is -0.0778. The van der Waals surface area contributed by atoms with Gasteiger partial charge in [-0.1, -0.05) is 78.9 Å². The van der Waals surface area contributed by atoms with E-state index < -0.39 is 0 Å². The summed E-state index contributed by atoms with van der Waals surface area (Å²) in [4.78, 5) is 12.2. The molecule has 0 saturated carbocycles. The van der Waals surface area contributed by atoms with Crippen LogP contribution in [0.5, 0.6) is 0 Å². The lowest BCUT2D eigenvalue weighted by atomic mass is 9.72. The zero-order valence-corrected chi connectivity index (χ0v) is 11.5. The van der Waals surface area contributed by atoms with Crippen molar-refractivity contribution in [3.05, 3.63) is 95.6 Å². The molecular weight excluding hydrogens is 256 g/mol. The third kappa shape index (κ3) is 1.90. The highest BCUT2D eigenvalue weighted by Crippen LogP contribution is 2.40. The summed E-state index contributed by atoms with van der Waals surface area (Å²) in [5.74, 6) is 0.157. The van der Waals surface area contributed by atoms with E-state index in [1.54, 1.807) is 0 Å². The smallest absolute Gasteiger partial charge is 0.175 e. The van der Waals surface area contributed by atoms with Gasteiger partial charge in [0.2, 0.25) is 0 Å². The van der Waals surface area contributed by atoms with Crippen LogP contribution in [0, 0.1) is 0 Å². The maximum atomic E-state index is 12.2. The normalized spacial score (nSPS) is 16.2. The first-order valence-electron chi connectivity index (χ1n) is 7.13. The maximum absolute atomic E-state index is 12.2. The summed E-state index contributed by atoms with van der Waals surface area (Å²) in [6, 6.07) is 26.5. The molecule has 0 amide bonds. The van der Waals surface area contributed by atoms with Crippen LogP contribution in [0.15, 0.2) is 78.9 Å². The van der Waals surface area contributed by atoms with Gasteiger partial charge in [0.05, 0.1) is 5.92 Å². The van der Waals surface area contributed by atoms with Gasteiger partial charge in [-0.05, 0) is 22.3 Å². The van der Waals surface area contributed by atoms with Crippen molar-refractivity contribution >= 4 is 5.78 Å². The number of carbonyl (C=O) groups excluding carboxylic acids is 1. The van der Waals surface area contributed by atoms with Gasteiger partial charge in [0.25, 0.3) is 0 Å². The average Bonchev–Trinajstić information content (AvgIpc) is 2.56. The standard InChI is InChI=1S/C20H14O/c21-20-18-9-5-4-8-17(18)19(20)16-12-10-15(11-13-16)14-6-2-1-3-7-14/h1-13,19H. The second-order valence-corrected chi connectivity index (χ2v) is 5.37. The molecule has 0 fully saturated rings. The molecular formula is C20H14O. The van der Waals surface area contributed by atoms with Gasteiger partial charge in [-0.2, -0.15) is 0 Å². The van der Waals surface area contributed by atoms with Crippen LogP contribution in [0.3, 0.4) is 0 Å². The van der Waals surface area contributed by atoms with E-state index in [1.165, 1.54) is 11.1 Å². The van der Waals surface area contributed by atoms with Crippen molar-refractivity contribution in [3.8, 4) is 11.1 Å². The Kier molecular flexibility index (Phi) is 2.71. The first-order chi connectivity index (χ1) is 10.3. The summed E-state index contributed by atoms with van der Waals surface area (Å²) < 4.78 is 0. The minimum Gasteiger partial charge on any atom is -0.293 e. The van der Waals surface area contributed by atoms with E-state index in [0.717, 1.165) is 16.7 Å². The Morgan fingerprint density at radius 1 is 0.619 bits per heavy atom. The third-order valence-electron chi connectivity index (χ3n) is 4.15. The molecule has 0 radical (unpaired) electrons. The number of hydrogen-bond acceptors (Lipinski definition) is 1. The minimum absolute atomic E-state index is 0.0778. The van der Waals surface area contributed by atoms with Crippen molar-refractivity contribution in [3.63, 3.8) is 0 Å². The Morgan fingerprint density at radius 2 is 1.24 bits per heavy atom. The molecule has 1 heteroatoms. The van der Waals surface area contributed by atoms with Crippen LogP contribution in [0.1, 0.15) is 27.4 Å². The predicted molar refractivity (Wildman–Crippen MR) is 84.5 cm³/mol. The van der Waals surface area contributed by atoms with Crippen LogP contribution in [0.25, 0.3) is 11.1 Å². The molecule has 3 aromatic rings. The van der Waals surface area contributed by atoms with E-state index in [9.17, 15) is 4.79 Å². The topological polar surface area (TPSA) is 17.1 Å². The van der Waals surface area contributed by atoms with Gasteiger partial charge in [-0.3, -0.25) is 4.79 Å². The van der Waals surface area contributed by atoms with E-state index in [-0.39, 0.29) is 11.7 Å². The number of fused-ring (bicyclic) bond motifs is 1. The van der Waals surface area contributed by atoms with E-state index in [4.69, 9.17) is 0 Å². The average molecular weight is 270 g/mol. The number of carbonyl (C=O) groups is 1. The maximum Gasteiger partial charge on any atom is 0.175 e. The van der Waals surface area contributed by atoms with Gasteiger partial charge in [0, 0.05) is 5.56 Å². The predicted octanol–water partition coefficient (Wildman–Crippen LogP) is 4.68. The molecule has 0 spiro atoms. The van der Waals surface area contributed by atoms with E-state index in [0.29, 0.717) is 0 Å². The number of ketones is 1. The van der Waals surface area contributed by atoms with Crippen molar-refractivity contribution in [2.24, 2.45) is 0 Å². The number of hydrogen-bond donors (Lipinski definition) is 0. The number of Topliss-reactive ketones (excluding diaryl/α,β-unsaturated/α-hetero) is 1. The fourth-order valence-corrected chi connectivity index (χ4v) is 3.02. The lowest BCUT2D eigenvalue weighted by Crippen LogP contribution is -2.27. The second-order valence-electron chi connectivity index (χ2n) is 5.37. The summed E-state index contributed by atoms with van der Waals surface area (Å²) >= 11 is 0. The quantitative estimate of drug-likeness (QED) is 0.660. The van der Waals surface area contributed by atoms with Gasteiger partial charge >= 0.3 is 0 Å². The van der Waals surface area contributed by atoms with Crippen molar-refractivity contribution < 1.29 is 4.79 Å². The lowest BCUT2D eigenvalue weighted by Gasteiger charge is -2.28. The van der Waals surface area contributed by atoms with Crippen molar-refractivity contribution in [2.45, 2.75) is 5.92 Å². The number of benzene rings is 3. The molecule has 1 atom stereocenters. The molecule has 21 heavy (non-hydrogen) atoms. The zero-order valence-electron chi connectivity index (χ0n) is 11.5. The first kappa shape index (κ1) is 12.1. The Morgan fingerprint density at radius 3 is 2.00 bits per heavy atom. The molecule has 0 aromatic heterocycles. The fourth-order valence-electron chi connectivity index (χ4n) is 3.02. The Balaban J connectivity index is 1.69. The number of rotatable bonds is 2. The van der Waals surface area contributed by atoms with Gasteiger partial charge in [0.15, 0.2) is 5.78 Å². The summed E-state index contributed by atoms with van der Waals surface area (Å²) in [7, 11) is 0. The van der Waals surface area contributed by atoms with Crippen LogP contribution in [0.4, 0.5) is 0 Å². The van der Waals surface area contributed by atoms with Crippen molar-refractivity contribution in [2.75, 3.05) is 0 Å². The molecule has 1 nitrogen and oxygen atoms in total. The van der Waals surface area contributed by atoms with Crippen LogP contribution in [0.2, 0.25) is 0 Å². The van der Waals surface area contributed by atoms with Crippen LogP contribution in [-0.2, 0) is 0 Å². The molecule has 1 unspecified atom stereocenters. The summed E-state index contributed by atoms with van der Waals surface area (Å²) in [5, 5.41) is 0. The molecule has 1 aliphatic carbocycles. The van der Waals surface area contributed by atoms with Crippen LogP contribution >= 0.6 is 0 Å². The summed E-state index contributed by atoms with van der Waals surface area (Å²) in [5.41, 5.74) is 5.48. The van der Waals surface area contributed by atoms with E-state index in [2.05, 4.69) is 36.4 Å². The monoisotopic (exact) mass is 270 g/mol. The highest BCUT2D eigenvalue weighted by atomic mass is 16.1. The lowest BCUT2D eigenvalue weighted by molar-refractivity contribution is 0.0945. The van der Waals surface area contributed by atoms with Gasteiger partial charge in [0.1, 0.15) is 0 Å². The van der Waals surface area contributed by atoms with Gasteiger partial charge in [-0.25, -0.2) is 0 Å². The summed E-state index contributed by atoms with van der Waals surface area (Å²) in [6.07, 6.45) is 0. The van der Waals surface area contributed by atoms with Crippen molar-refractivity contribution in [1.29, 1.82) is 0 Å². The third-order valence-corrected chi connectivity index (χ3v) is 4.15. The molecule has 4 rings (SSSR count). The molecule has 0 bridgehead atoms. The van der Waals surface area contributed by atoms with Crippen molar-refractivity contribution in [1.82, 2.24) is 0 Å². The Labute approximate surface area is 123 Å². The van der Waals surface area contributed by atoms with E-state index >= 15 is 0 Å². The molecule has 0 aliphatic heterocycles. The van der Waals surface area contributed by atoms with Gasteiger partial charge < -0.3 is 0 Å². The fraction of sp³-hybridized carbons (Fsp3) is 0.0500. The highest BCUT2D eigenvalue weighted by Gasteiger charge is 2.36. The van der Waals surface area contributed by atoms with E-state index in [1.807, 2.05) is 42.5 Å². The Bertz CT molecular complexity index is 801. The van der Waals surface area contributed by atoms with Crippen LogP contribution in [-0.4, -0.2) is 5.78 Å². The zero-order chi connectivity index (χ0) is 14.2. The molecule has 0 N–H and O–H groups in total. The van der Waals surface area contributed by atoms with Crippen LogP contribution < -0.4 is 0 Å². The molecule has 3 aromatic carbocycles. The molecule has 0 heterocycles. The SMILES string of the molecule is O=C1c2ccccc2C1c1ccc(-c2ccccc2)cc1. The molecule has 100 valence electrons. The second kappa shape index (κ2) is 4.71. The largest absolute Gasteiger partial charge is 0.293 e.